The normalized spacial score (nSPS) is 10.1. The summed E-state index contributed by atoms with van der Waals surface area (Å²) < 4.78 is 0. The van der Waals surface area contributed by atoms with Crippen LogP contribution in [0.2, 0.25) is 0 Å². The fourth-order valence-corrected chi connectivity index (χ4v) is 1.70. The number of nitrogens with one attached hydrogen (secondary N) is 1. The highest BCUT2D eigenvalue weighted by Crippen LogP contribution is 2.16. The third-order valence-electron chi connectivity index (χ3n) is 2.72. The molecule has 2 aromatic heterocycles. The van der Waals surface area contributed by atoms with E-state index in [1.165, 1.54) is 24.5 Å². The first-order valence-corrected chi connectivity index (χ1v) is 6.26. The number of carbonyl (C=O) groups is 2. The zero-order chi connectivity index (χ0) is 15.2. The van der Waals surface area contributed by atoms with E-state index in [1.54, 1.807) is 12.1 Å². The lowest BCUT2D eigenvalue weighted by molar-refractivity contribution is 0.0696. The van der Waals surface area contributed by atoms with E-state index in [2.05, 4.69) is 15.3 Å². The molecule has 0 bridgehead atoms. The van der Waals surface area contributed by atoms with Crippen LogP contribution in [0.25, 0.3) is 11.4 Å². The van der Waals surface area contributed by atoms with E-state index in [0.717, 1.165) is 0 Å². The van der Waals surface area contributed by atoms with E-state index in [-0.39, 0.29) is 11.5 Å². The van der Waals surface area contributed by atoms with Crippen molar-refractivity contribution < 1.29 is 14.7 Å². The molecule has 0 saturated carbocycles. The Morgan fingerprint density at radius 1 is 1.10 bits per heavy atom. The highest BCUT2D eigenvalue weighted by molar-refractivity contribution is 5.95. The number of nitrogens with two attached hydrogens (primary N) is 1. The van der Waals surface area contributed by atoms with Crippen LogP contribution in [-0.2, 0) is 0 Å². The molecule has 0 aliphatic heterocycles. The summed E-state index contributed by atoms with van der Waals surface area (Å²) in [6, 6.07) is 5.92. The minimum atomic E-state index is -1.05. The smallest absolute Gasteiger partial charge is 0.335 e. The molecular formula is C14H14N4O3. The van der Waals surface area contributed by atoms with Crippen LogP contribution in [0.15, 0.2) is 36.7 Å². The van der Waals surface area contributed by atoms with Crippen LogP contribution in [0.4, 0.5) is 0 Å². The van der Waals surface area contributed by atoms with Crippen molar-refractivity contribution in [2.24, 2.45) is 5.73 Å². The summed E-state index contributed by atoms with van der Waals surface area (Å²) in [4.78, 5) is 31.0. The Morgan fingerprint density at radius 2 is 1.67 bits per heavy atom. The predicted octanol–water partition coefficient (Wildman–Crippen LogP) is 0.530. The maximum Gasteiger partial charge on any atom is 0.335 e. The van der Waals surface area contributed by atoms with E-state index in [1.807, 2.05) is 0 Å². The average Bonchev–Trinajstić information content (AvgIpc) is 2.52. The number of aromatic carboxylic acids is 1. The standard InChI is InChI=1S/C14H14N4O3/c15-3-6-18-13(19)9-1-4-16-11(7-9)12-8-10(14(20)21)2-5-17-12/h1-2,4-5,7-8H,3,6,15H2,(H,18,19)(H,20,21). The van der Waals surface area contributed by atoms with E-state index in [9.17, 15) is 9.59 Å². The van der Waals surface area contributed by atoms with Gasteiger partial charge in [-0.15, -0.1) is 0 Å². The molecule has 0 aliphatic rings. The largest absolute Gasteiger partial charge is 0.478 e. The number of hydrogen-bond acceptors (Lipinski definition) is 5. The molecule has 0 atom stereocenters. The van der Waals surface area contributed by atoms with E-state index >= 15 is 0 Å². The van der Waals surface area contributed by atoms with E-state index in [4.69, 9.17) is 10.8 Å². The van der Waals surface area contributed by atoms with Gasteiger partial charge in [-0.25, -0.2) is 4.79 Å². The molecule has 0 radical (unpaired) electrons. The van der Waals surface area contributed by atoms with Crippen molar-refractivity contribution in [3.8, 4) is 11.4 Å². The van der Waals surface area contributed by atoms with Crippen molar-refractivity contribution in [2.45, 2.75) is 0 Å². The van der Waals surface area contributed by atoms with Crippen molar-refractivity contribution in [3.63, 3.8) is 0 Å². The summed E-state index contributed by atoms with van der Waals surface area (Å²) in [5.41, 5.74) is 6.67. The first-order valence-electron chi connectivity index (χ1n) is 6.26. The van der Waals surface area contributed by atoms with Crippen molar-refractivity contribution in [2.75, 3.05) is 13.1 Å². The Labute approximate surface area is 120 Å². The second kappa shape index (κ2) is 6.58. The zero-order valence-corrected chi connectivity index (χ0v) is 11.1. The number of carboxylic acid groups (broad SMARTS) is 1. The summed E-state index contributed by atoms with van der Waals surface area (Å²) in [6.45, 7) is 0.731. The van der Waals surface area contributed by atoms with Crippen molar-refractivity contribution in [3.05, 3.63) is 47.8 Å². The van der Waals surface area contributed by atoms with Crippen LogP contribution in [0.1, 0.15) is 20.7 Å². The molecule has 108 valence electrons. The maximum absolute atomic E-state index is 11.9. The van der Waals surface area contributed by atoms with Gasteiger partial charge in [0.2, 0.25) is 0 Å². The molecule has 0 saturated heterocycles. The van der Waals surface area contributed by atoms with Crippen LogP contribution in [-0.4, -0.2) is 40.0 Å². The molecule has 4 N–H and O–H groups in total. The summed E-state index contributed by atoms with van der Waals surface area (Å²) in [7, 11) is 0. The van der Waals surface area contributed by atoms with Gasteiger partial charge in [0.25, 0.3) is 5.91 Å². The first kappa shape index (κ1) is 14.6. The summed E-state index contributed by atoms with van der Waals surface area (Å²) in [6.07, 6.45) is 2.86. The molecule has 0 aliphatic carbocycles. The average molecular weight is 286 g/mol. The minimum absolute atomic E-state index is 0.111. The molecule has 1 amide bonds. The fourth-order valence-electron chi connectivity index (χ4n) is 1.70. The van der Waals surface area contributed by atoms with Crippen LogP contribution in [0, 0.1) is 0 Å². The number of nitrogens with zero attached hydrogens (tertiary/aromatic N) is 2. The van der Waals surface area contributed by atoms with Gasteiger partial charge in [-0.2, -0.15) is 0 Å². The molecule has 0 fully saturated rings. The van der Waals surface area contributed by atoms with Crippen LogP contribution in [0.5, 0.6) is 0 Å². The zero-order valence-electron chi connectivity index (χ0n) is 11.1. The second-order valence-electron chi connectivity index (χ2n) is 4.21. The van der Waals surface area contributed by atoms with Crippen LogP contribution in [0.3, 0.4) is 0 Å². The van der Waals surface area contributed by atoms with E-state index < -0.39 is 5.97 Å². The molecule has 0 aromatic carbocycles. The number of hydrogen-bond donors (Lipinski definition) is 3. The first-order chi connectivity index (χ1) is 10.1. The maximum atomic E-state index is 11.9. The van der Waals surface area contributed by atoms with Gasteiger partial charge >= 0.3 is 5.97 Å². The number of carbonyl (C=O) groups excluding carboxylic acids is 1. The van der Waals surface area contributed by atoms with Gasteiger partial charge in [-0.05, 0) is 24.3 Å². The Morgan fingerprint density at radius 3 is 2.24 bits per heavy atom. The SMILES string of the molecule is NCCNC(=O)c1ccnc(-c2cc(C(=O)O)ccn2)c1. The van der Waals surface area contributed by atoms with Gasteiger partial charge in [0.1, 0.15) is 0 Å². The molecule has 0 unspecified atom stereocenters. The molecule has 2 heterocycles. The predicted molar refractivity (Wildman–Crippen MR) is 75.8 cm³/mol. The summed E-state index contributed by atoms with van der Waals surface area (Å²) in [5, 5.41) is 11.6. The molecule has 7 nitrogen and oxygen atoms in total. The fraction of sp³-hybridized carbons (Fsp3) is 0.143. The van der Waals surface area contributed by atoms with E-state index in [0.29, 0.717) is 30.0 Å². The Hall–Kier alpha value is -2.80. The summed E-state index contributed by atoms with van der Waals surface area (Å²) in [5.74, 6) is -1.31. The molecule has 7 heteroatoms. The lowest BCUT2D eigenvalue weighted by atomic mass is 10.1. The van der Waals surface area contributed by atoms with Crippen LogP contribution < -0.4 is 11.1 Å². The van der Waals surface area contributed by atoms with Gasteiger partial charge in [0.05, 0.1) is 17.0 Å². The Kier molecular flexibility index (Phi) is 4.57. The molecular weight excluding hydrogens is 272 g/mol. The molecule has 0 spiro atoms. The third-order valence-corrected chi connectivity index (χ3v) is 2.72. The Bertz CT molecular complexity index is 673. The molecule has 2 rings (SSSR count). The molecule has 21 heavy (non-hydrogen) atoms. The van der Waals surface area contributed by atoms with Gasteiger partial charge in [-0.3, -0.25) is 14.8 Å². The monoisotopic (exact) mass is 286 g/mol. The Balaban J connectivity index is 2.30. The van der Waals surface area contributed by atoms with Crippen molar-refractivity contribution >= 4 is 11.9 Å². The quantitative estimate of drug-likeness (QED) is 0.737. The number of pyridine rings is 2. The van der Waals surface area contributed by atoms with Crippen LogP contribution >= 0.6 is 0 Å². The highest BCUT2D eigenvalue weighted by Gasteiger charge is 2.10. The highest BCUT2D eigenvalue weighted by atomic mass is 16.4. The van der Waals surface area contributed by atoms with Crippen molar-refractivity contribution in [1.29, 1.82) is 0 Å². The number of aromatic nitrogens is 2. The second-order valence-corrected chi connectivity index (χ2v) is 4.21. The van der Waals surface area contributed by atoms with Crippen molar-refractivity contribution in [1.82, 2.24) is 15.3 Å². The number of amides is 1. The van der Waals surface area contributed by atoms with Gasteiger partial charge in [0.15, 0.2) is 0 Å². The number of rotatable bonds is 5. The van der Waals surface area contributed by atoms with Gasteiger partial charge < -0.3 is 16.2 Å². The lowest BCUT2D eigenvalue weighted by Gasteiger charge is -2.05. The lowest BCUT2D eigenvalue weighted by Crippen LogP contribution is -2.29. The summed E-state index contributed by atoms with van der Waals surface area (Å²) >= 11 is 0. The minimum Gasteiger partial charge on any atom is -0.478 e. The van der Waals surface area contributed by atoms with Gasteiger partial charge in [0, 0.05) is 31.0 Å². The van der Waals surface area contributed by atoms with Gasteiger partial charge in [-0.1, -0.05) is 0 Å². The third kappa shape index (κ3) is 3.61. The number of carboxylic acids is 1. The molecule has 2 aromatic rings. The topological polar surface area (TPSA) is 118 Å².